The molecule has 172 valence electrons. The Kier molecular flexibility index (Phi) is 6.44. The van der Waals surface area contributed by atoms with E-state index in [1.54, 1.807) is 0 Å². The highest BCUT2D eigenvalue weighted by Crippen LogP contribution is 2.52. The fourth-order valence-corrected chi connectivity index (χ4v) is 5.69. The van der Waals surface area contributed by atoms with Crippen molar-refractivity contribution < 1.29 is 18.4 Å². The van der Waals surface area contributed by atoms with Crippen molar-refractivity contribution in [2.24, 2.45) is 11.7 Å². The molecule has 4 rings (SSSR count). The minimum absolute atomic E-state index is 0.184. The molecule has 0 heterocycles. The fraction of sp³-hybridized carbons (Fsp3) is 0.400. The molecule has 2 atom stereocenters. The molecular weight excluding hydrogens is 444 g/mol. The van der Waals surface area contributed by atoms with Crippen molar-refractivity contribution >= 4 is 23.6 Å². The molecule has 2 amide bonds. The standard InChI is InChI=1S/C25H25F2N3O2S/c26-25(27)10-9-20(21(15-25)22(31)30-14-13-28)19-4-2-1-3-18(19)16-5-7-17(8-6-16)33-24(11-12-24)23(29)32/h1-8,20-21H,9-12,14-15H2,(H2,29,32)(H,30,31). The summed E-state index contributed by atoms with van der Waals surface area (Å²) < 4.78 is 27.9. The van der Waals surface area contributed by atoms with Crippen LogP contribution in [0.15, 0.2) is 53.4 Å². The van der Waals surface area contributed by atoms with Gasteiger partial charge in [0.15, 0.2) is 0 Å². The Balaban J connectivity index is 1.62. The maximum Gasteiger partial charge on any atom is 0.249 e. The molecule has 33 heavy (non-hydrogen) atoms. The van der Waals surface area contributed by atoms with Crippen LogP contribution in [0.4, 0.5) is 8.78 Å². The third kappa shape index (κ3) is 5.03. The zero-order valence-corrected chi connectivity index (χ0v) is 18.8. The molecule has 0 aliphatic heterocycles. The largest absolute Gasteiger partial charge is 0.368 e. The molecule has 2 aromatic rings. The van der Waals surface area contributed by atoms with Crippen LogP contribution in [0.25, 0.3) is 11.1 Å². The van der Waals surface area contributed by atoms with E-state index in [1.165, 1.54) is 11.8 Å². The topological polar surface area (TPSA) is 96.0 Å². The number of nitrogens with zero attached hydrogens (tertiary/aromatic N) is 1. The molecule has 0 aromatic heterocycles. The quantitative estimate of drug-likeness (QED) is 0.578. The van der Waals surface area contributed by atoms with Crippen molar-refractivity contribution in [3.63, 3.8) is 0 Å². The monoisotopic (exact) mass is 469 g/mol. The number of primary amides is 1. The van der Waals surface area contributed by atoms with Crippen molar-refractivity contribution in [3.8, 4) is 17.2 Å². The lowest BCUT2D eigenvalue weighted by atomic mass is 9.72. The highest BCUT2D eigenvalue weighted by Gasteiger charge is 2.49. The van der Waals surface area contributed by atoms with E-state index in [1.807, 2.05) is 54.6 Å². The van der Waals surface area contributed by atoms with Crippen LogP contribution >= 0.6 is 11.8 Å². The minimum Gasteiger partial charge on any atom is -0.368 e. The molecule has 2 aliphatic rings. The Morgan fingerprint density at radius 2 is 1.82 bits per heavy atom. The van der Waals surface area contributed by atoms with Gasteiger partial charge in [0.05, 0.1) is 16.7 Å². The van der Waals surface area contributed by atoms with Gasteiger partial charge in [0.25, 0.3) is 0 Å². The van der Waals surface area contributed by atoms with Gasteiger partial charge in [-0.2, -0.15) is 5.26 Å². The van der Waals surface area contributed by atoms with Gasteiger partial charge >= 0.3 is 0 Å². The summed E-state index contributed by atoms with van der Waals surface area (Å²) in [4.78, 5) is 25.3. The average molecular weight is 470 g/mol. The number of halogens is 2. The second kappa shape index (κ2) is 9.14. The molecule has 5 nitrogen and oxygen atoms in total. The fourth-order valence-electron chi connectivity index (χ4n) is 4.56. The lowest BCUT2D eigenvalue weighted by molar-refractivity contribution is -0.133. The first kappa shape index (κ1) is 23.2. The second-order valence-corrected chi connectivity index (χ2v) is 10.2. The van der Waals surface area contributed by atoms with E-state index in [0.717, 1.165) is 34.4 Å². The highest BCUT2D eigenvalue weighted by molar-refractivity contribution is 8.01. The van der Waals surface area contributed by atoms with Crippen molar-refractivity contribution in [2.45, 2.75) is 53.6 Å². The number of hydrogen-bond donors (Lipinski definition) is 2. The number of carbonyl (C=O) groups is 2. The van der Waals surface area contributed by atoms with Crippen molar-refractivity contribution in [2.75, 3.05) is 6.54 Å². The Morgan fingerprint density at radius 3 is 2.45 bits per heavy atom. The minimum atomic E-state index is -2.90. The van der Waals surface area contributed by atoms with Gasteiger partial charge in [0, 0.05) is 17.7 Å². The molecule has 0 bridgehead atoms. The summed E-state index contributed by atoms with van der Waals surface area (Å²) >= 11 is 1.48. The van der Waals surface area contributed by atoms with E-state index in [0.29, 0.717) is 0 Å². The van der Waals surface area contributed by atoms with Crippen LogP contribution in [0.2, 0.25) is 0 Å². The Bertz CT molecular complexity index is 1090. The number of amides is 2. The van der Waals surface area contributed by atoms with Gasteiger partial charge in [-0.3, -0.25) is 9.59 Å². The van der Waals surface area contributed by atoms with E-state index >= 15 is 0 Å². The number of nitrogens with two attached hydrogens (primary N) is 1. The van der Waals surface area contributed by atoms with Gasteiger partial charge in [-0.1, -0.05) is 36.4 Å². The van der Waals surface area contributed by atoms with Crippen molar-refractivity contribution in [1.82, 2.24) is 5.32 Å². The average Bonchev–Trinajstić information content (AvgIpc) is 3.58. The number of hydrogen-bond acceptors (Lipinski definition) is 4. The van der Waals surface area contributed by atoms with Crippen LogP contribution in [0, 0.1) is 17.2 Å². The number of carbonyl (C=O) groups excluding carboxylic acids is 2. The summed E-state index contributed by atoms with van der Waals surface area (Å²) in [7, 11) is 0. The number of benzene rings is 2. The van der Waals surface area contributed by atoms with Gasteiger partial charge in [-0.15, -0.1) is 11.8 Å². The highest BCUT2D eigenvalue weighted by atomic mass is 32.2. The Morgan fingerprint density at radius 1 is 1.12 bits per heavy atom. The van der Waals surface area contributed by atoms with Gasteiger partial charge < -0.3 is 11.1 Å². The lowest BCUT2D eigenvalue weighted by Gasteiger charge is -2.36. The molecule has 8 heteroatoms. The number of nitrogens with one attached hydrogen (secondary N) is 1. The van der Waals surface area contributed by atoms with E-state index in [4.69, 9.17) is 11.0 Å². The Labute approximate surface area is 195 Å². The normalized spacial score (nSPS) is 22.7. The predicted octanol–water partition coefficient (Wildman–Crippen LogP) is 4.62. The summed E-state index contributed by atoms with van der Waals surface area (Å²) in [5, 5.41) is 11.2. The Hall–Kier alpha value is -2.92. The van der Waals surface area contributed by atoms with Crippen LogP contribution in [0.5, 0.6) is 0 Å². The summed E-state index contributed by atoms with van der Waals surface area (Å²) in [6.45, 7) is -0.207. The predicted molar refractivity (Wildman–Crippen MR) is 123 cm³/mol. The number of thioether (sulfide) groups is 1. The lowest BCUT2D eigenvalue weighted by Crippen LogP contribution is -2.41. The van der Waals surface area contributed by atoms with Crippen LogP contribution in [0.1, 0.15) is 43.6 Å². The molecule has 2 aromatic carbocycles. The third-order valence-electron chi connectivity index (χ3n) is 6.50. The molecule has 0 spiro atoms. The summed E-state index contributed by atoms with van der Waals surface area (Å²) in [5.41, 5.74) is 8.17. The smallest absolute Gasteiger partial charge is 0.249 e. The van der Waals surface area contributed by atoms with E-state index < -0.39 is 28.9 Å². The van der Waals surface area contributed by atoms with Crippen molar-refractivity contribution in [3.05, 3.63) is 54.1 Å². The van der Waals surface area contributed by atoms with E-state index in [9.17, 15) is 18.4 Å². The molecule has 0 radical (unpaired) electrons. The van der Waals surface area contributed by atoms with Gasteiger partial charge in [-0.05, 0) is 54.0 Å². The molecule has 0 saturated heterocycles. The first-order valence-electron chi connectivity index (χ1n) is 11.0. The first-order chi connectivity index (χ1) is 15.7. The van der Waals surface area contributed by atoms with Gasteiger partial charge in [0.1, 0.15) is 6.54 Å². The SMILES string of the molecule is N#CCNC(=O)C1CC(F)(F)CCC1c1ccccc1-c1ccc(SC2(C(N)=O)CC2)cc1. The third-order valence-corrected chi connectivity index (χ3v) is 8.00. The summed E-state index contributed by atoms with van der Waals surface area (Å²) in [6.07, 6.45) is 0.925. The summed E-state index contributed by atoms with van der Waals surface area (Å²) in [6, 6.07) is 17.2. The maximum absolute atomic E-state index is 14.2. The van der Waals surface area contributed by atoms with Crippen LogP contribution in [0.3, 0.4) is 0 Å². The van der Waals surface area contributed by atoms with E-state index in [2.05, 4.69) is 5.32 Å². The number of rotatable bonds is 7. The summed E-state index contributed by atoms with van der Waals surface area (Å²) in [5.74, 6) is -5.00. The van der Waals surface area contributed by atoms with E-state index in [-0.39, 0.29) is 31.2 Å². The number of nitriles is 1. The van der Waals surface area contributed by atoms with Crippen molar-refractivity contribution in [1.29, 1.82) is 5.26 Å². The van der Waals surface area contributed by atoms with Crippen LogP contribution in [-0.2, 0) is 9.59 Å². The molecule has 3 N–H and O–H groups in total. The van der Waals surface area contributed by atoms with Gasteiger partial charge in [0.2, 0.25) is 17.7 Å². The molecule has 2 saturated carbocycles. The van der Waals surface area contributed by atoms with Gasteiger partial charge in [-0.25, -0.2) is 8.78 Å². The molecule has 2 unspecified atom stereocenters. The number of alkyl halides is 2. The first-order valence-corrected chi connectivity index (χ1v) is 11.8. The maximum atomic E-state index is 14.2. The molecule has 2 aliphatic carbocycles. The second-order valence-electron chi connectivity index (χ2n) is 8.76. The zero-order chi connectivity index (χ0) is 23.6. The molecule has 2 fully saturated rings. The zero-order valence-electron chi connectivity index (χ0n) is 18.0. The van der Waals surface area contributed by atoms with Crippen LogP contribution in [-0.4, -0.2) is 29.0 Å². The molecular formula is C25H25F2N3O2S. The van der Waals surface area contributed by atoms with Crippen LogP contribution < -0.4 is 11.1 Å².